The number of fused-ring (bicyclic) bond motifs is 15. The van der Waals surface area contributed by atoms with Crippen molar-refractivity contribution in [1.29, 1.82) is 0 Å². The molecule has 0 spiro atoms. The molecule has 0 bridgehead atoms. The predicted molar refractivity (Wildman–Crippen MR) is 215 cm³/mol. The topological polar surface area (TPSA) is 0 Å². The van der Waals surface area contributed by atoms with Gasteiger partial charge in [0.2, 0.25) is 0 Å². The number of benzene rings is 10. The molecule has 0 unspecified atom stereocenters. The Morgan fingerprint density at radius 1 is 0.245 bits per heavy atom. The van der Waals surface area contributed by atoms with Crippen LogP contribution in [-0.2, 0) is 0 Å². The summed E-state index contributed by atoms with van der Waals surface area (Å²) >= 11 is 1.92. The second kappa shape index (κ2) is 10.2. The van der Waals surface area contributed by atoms with Gasteiger partial charge in [-0.05, 0) is 111 Å². The summed E-state index contributed by atoms with van der Waals surface area (Å²) in [6.07, 6.45) is 0. The Labute approximate surface area is 287 Å². The van der Waals surface area contributed by atoms with Crippen molar-refractivity contribution in [2.24, 2.45) is 0 Å². The maximum atomic E-state index is 2.45. The van der Waals surface area contributed by atoms with Crippen molar-refractivity contribution in [2.45, 2.75) is 0 Å². The number of hydrogen-bond acceptors (Lipinski definition) is 1. The van der Waals surface area contributed by atoms with E-state index in [1.54, 1.807) is 0 Å². The molecule has 1 heterocycles. The van der Waals surface area contributed by atoms with Gasteiger partial charge in [-0.1, -0.05) is 146 Å². The summed E-state index contributed by atoms with van der Waals surface area (Å²) in [5.41, 5.74) is 5.01. The van der Waals surface area contributed by atoms with Gasteiger partial charge in [-0.3, -0.25) is 0 Å². The van der Waals surface area contributed by atoms with Crippen molar-refractivity contribution in [3.8, 4) is 22.3 Å². The average molecular weight is 637 g/mol. The van der Waals surface area contributed by atoms with Gasteiger partial charge in [-0.15, -0.1) is 11.3 Å². The fourth-order valence-electron chi connectivity index (χ4n) is 8.38. The third-order valence-electron chi connectivity index (χ3n) is 10.6. The first-order valence-corrected chi connectivity index (χ1v) is 17.7. The summed E-state index contributed by atoms with van der Waals surface area (Å²) in [6.45, 7) is 0. The largest absolute Gasteiger partial charge is 0.135 e. The Morgan fingerprint density at radius 2 is 0.673 bits per heavy atom. The second-order valence-electron chi connectivity index (χ2n) is 13.2. The highest BCUT2D eigenvalue weighted by Gasteiger charge is 2.16. The van der Waals surface area contributed by atoms with Gasteiger partial charge in [-0.2, -0.15) is 0 Å². The molecule has 49 heavy (non-hydrogen) atoms. The van der Waals surface area contributed by atoms with Crippen molar-refractivity contribution in [3.05, 3.63) is 170 Å². The van der Waals surface area contributed by atoms with Crippen LogP contribution in [0.5, 0.6) is 0 Å². The first-order valence-electron chi connectivity index (χ1n) is 16.9. The van der Waals surface area contributed by atoms with E-state index in [-0.39, 0.29) is 0 Å². The maximum absolute atomic E-state index is 2.45. The molecule has 0 fully saturated rings. The van der Waals surface area contributed by atoms with Crippen molar-refractivity contribution in [1.82, 2.24) is 0 Å². The van der Waals surface area contributed by atoms with Crippen LogP contribution in [0.15, 0.2) is 170 Å². The number of rotatable bonds is 2. The van der Waals surface area contributed by atoms with Gasteiger partial charge in [0, 0.05) is 20.2 Å². The molecule has 0 amide bonds. The fraction of sp³-hybridized carbons (Fsp3) is 0. The Morgan fingerprint density at radius 3 is 1.27 bits per heavy atom. The monoisotopic (exact) mass is 636 g/mol. The van der Waals surface area contributed by atoms with Gasteiger partial charge in [-0.25, -0.2) is 0 Å². The van der Waals surface area contributed by atoms with E-state index < -0.39 is 0 Å². The molecule has 0 saturated heterocycles. The van der Waals surface area contributed by atoms with E-state index in [4.69, 9.17) is 0 Å². The molecule has 0 saturated carbocycles. The van der Waals surface area contributed by atoms with Crippen LogP contribution < -0.4 is 0 Å². The van der Waals surface area contributed by atoms with Crippen LogP contribution in [0.1, 0.15) is 0 Å². The van der Waals surface area contributed by atoms with Crippen LogP contribution in [0, 0.1) is 0 Å². The molecule has 0 N–H and O–H groups in total. The van der Waals surface area contributed by atoms with E-state index in [1.807, 2.05) is 11.3 Å². The quantitative estimate of drug-likeness (QED) is 0.166. The molecule has 0 nitrogen and oxygen atoms in total. The van der Waals surface area contributed by atoms with Crippen molar-refractivity contribution >= 4 is 96.1 Å². The van der Waals surface area contributed by atoms with Crippen molar-refractivity contribution in [2.75, 3.05) is 0 Å². The highest BCUT2D eigenvalue weighted by molar-refractivity contribution is 7.26. The lowest BCUT2D eigenvalue weighted by Crippen LogP contribution is -1.86. The van der Waals surface area contributed by atoms with Crippen LogP contribution in [0.25, 0.3) is 107 Å². The summed E-state index contributed by atoms with van der Waals surface area (Å²) in [4.78, 5) is 0. The van der Waals surface area contributed by atoms with Gasteiger partial charge in [0.25, 0.3) is 0 Å². The van der Waals surface area contributed by atoms with Crippen LogP contribution in [-0.4, -0.2) is 0 Å². The molecule has 0 atom stereocenters. The highest BCUT2D eigenvalue weighted by Crippen LogP contribution is 2.45. The van der Waals surface area contributed by atoms with Gasteiger partial charge in [0.15, 0.2) is 0 Å². The highest BCUT2D eigenvalue weighted by atomic mass is 32.1. The molecule has 0 aliphatic rings. The molecule has 0 radical (unpaired) electrons. The van der Waals surface area contributed by atoms with Crippen LogP contribution in [0.2, 0.25) is 0 Å². The third kappa shape index (κ3) is 3.91. The second-order valence-corrected chi connectivity index (χ2v) is 14.3. The maximum Gasteiger partial charge on any atom is 0.0433 e. The molecule has 1 heteroatoms. The predicted octanol–water partition coefficient (Wildman–Crippen LogP) is 14.3. The van der Waals surface area contributed by atoms with E-state index in [0.717, 1.165) is 0 Å². The van der Waals surface area contributed by atoms with E-state index in [2.05, 4.69) is 170 Å². The molecule has 0 aliphatic carbocycles. The average Bonchev–Trinajstić information content (AvgIpc) is 3.55. The molecule has 11 rings (SSSR count). The first-order chi connectivity index (χ1) is 24.3. The van der Waals surface area contributed by atoms with Gasteiger partial charge >= 0.3 is 0 Å². The Kier molecular flexibility index (Phi) is 5.64. The van der Waals surface area contributed by atoms with Crippen LogP contribution in [0.3, 0.4) is 0 Å². The minimum Gasteiger partial charge on any atom is -0.135 e. The Bertz CT molecular complexity index is 3130. The Balaban J connectivity index is 1.11. The van der Waals surface area contributed by atoms with E-state index in [9.17, 15) is 0 Å². The molecular weight excluding hydrogens is 609 g/mol. The normalized spacial score (nSPS) is 12.1. The smallest absolute Gasteiger partial charge is 0.0433 e. The van der Waals surface area contributed by atoms with E-state index in [1.165, 1.54) is 107 Å². The first kappa shape index (κ1) is 27.0. The summed E-state index contributed by atoms with van der Waals surface area (Å²) in [5.74, 6) is 0. The molecule has 0 aliphatic heterocycles. The van der Waals surface area contributed by atoms with Crippen LogP contribution in [0.4, 0.5) is 0 Å². The van der Waals surface area contributed by atoms with Crippen molar-refractivity contribution < 1.29 is 0 Å². The molecule has 1 aromatic heterocycles. The van der Waals surface area contributed by atoms with Gasteiger partial charge in [0.1, 0.15) is 0 Å². The minimum absolute atomic E-state index is 1.23. The molecule has 10 aromatic carbocycles. The summed E-state index contributed by atoms with van der Waals surface area (Å²) in [5, 5.41) is 18.4. The lowest BCUT2D eigenvalue weighted by molar-refractivity contribution is 1.63. The van der Waals surface area contributed by atoms with Crippen LogP contribution >= 0.6 is 11.3 Å². The van der Waals surface area contributed by atoms with Gasteiger partial charge in [0.05, 0.1) is 0 Å². The Hall–Kier alpha value is -6.02. The minimum atomic E-state index is 1.23. The number of thiophene rings is 1. The van der Waals surface area contributed by atoms with E-state index in [0.29, 0.717) is 0 Å². The summed E-state index contributed by atoms with van der Waals surface area (Å²) < 4.78 is 2.68. The van der Waals surface area contributed by atoms with Crippen molar-refractivity contribution in [3.63, 3.8) is 0 Å². The zero-order valence-corrected chi connectivity index (χ0v) is 27.4. The van der Waals surface area contributed by atoms with E-state index >= 15 is 0 Å². The number of hydrogen-bond donors (Lipinski definition) is 0. The molecule has 226 valence electrons. The SMILES string of the molecule is c1cc(-c2ccc3c4ccccc4c4ccccc4c3c2)cc(-c2cccc3c2sc2cc4c5ccccc5c5ccccc5c4cc23)c1. The standard InChI is InChI=1S/C48H28S/c1-2-17-37-33(13-1)34-14-3-6-18-38(34)43-26-30(23-24-41(37)43)29-11-9-12-31(25-29)32-21-10-22-42-46-27-44-39-19-7-4-15-35(39)36-16-5-8-20-40(36)45(44)28-47(46)49-48(32)42/h1-28H. The summed E-state index contributed by atoms with van der Waals surface area (Å²) in [7, 11) is 0. The fourth-order valence-corrected chi connectivity index (χ4v) is 9.64. The third-order valence-corrected chi connectivity index (χ3v) is 11.8. The lowest BCUT2D eigenvalue weighted by Gasteiger charge is -2.12. The summed E-state index contributed by atoms with van der Waals surface area (Å²) in [6, 6.07) is 63.1. The van der Waals surface area contributed by atoms with Gasteiger partial charge < -0.3 is 0 Å². The molecule has 11 aromatic rings. The zero-order chi connectivity index (χ0) is 32.1. The zero-order valence-electron chi connectivity index (χ0n) is 26.6. The lowest BCUT2D eigenvalue weighted by atomic mass is 9.91. The molecular formula is C48H28S.